The van der Waals surface area contributed by atoms with Crippen LogP contribution in [0.5, 0.6) is 0 Å². The number of amides is 1. The molecular formula is C19H20N4O3. The number of carbonyl (C=O) groups is 1. The Morgan fingerprint density at radius 2 is 1.88 bits per heavy atom. The smallest absolute Gasteiger partial charge is 0.255 e. The lowest BCUT2D eigenvalue weighted by molar-refractivity contribution is 0.0771. The lowest BCUT2D eigenvalue weighted by Crippen LogP contribution is -2.29. The second-order valence-electron chi connectivity index (χ2n) is 6.33. The van der Waals surface area contributed by atoms with Crippen molar-refractivity contribution in [2.75, 3.05) is 7.05 Å². The summed E-state index contributed by atoms with van der Waals surface area (Å²) in [5.41, 5.74) is 1.68. The predicted octanol–water partition coefficient (Wildman–Crippen LogP) is 2.82. The summed E-state index contributed by atoms with van der Waals surface area (Å²) < 4.78 is 5.65. The van der Waals surface area contributed by atoms with Crippen LogP contribution in [0, 0.1) is 0 Å². The molecule has 2 heterocycles. The highest BCUT2D eigenvalue weighted by Gasteiger charge is 2.20. The van der Waals surface area contributed by atoms with Gasteiger partial charge in [-0.2, -0.15) is 0 Å². The molecule has 1 N–H and O–H groups in total. The van der Waals surface area contributed by atoms with Gasteiger partial charge in [0, 0.05) is 24.4 Å². The molecule has 2 aromatic heterocycles. The van der Waals surface area contributed by atoms with Crippen LogP contribution >= 0.6 is 0 Å². The van der Waals surface area contributed by atoms with Gasteiger partial charge in [0.05, 0.1) is 12.1 Å². The Morgan fingerprint density at radius 3 is 2.58 bits per heavy atom. The van der Waals surface area contributed by atoms with Gasteiger partial charge in [-0.05, 0) is 24.1 Å². The molecular weight excluding hydrogens is 332 g/mol. The van der Waals surface area contributed by atoms with E-state index in [9.17, 15) is 9.59 Å². The molecule has 0 aliphatic carbocycles. The molecule has 134 valence electrons. The maximum absolute atomic E-state index is 12.8. The number of pyridine rings is 1. The number of nitrogens with one attached hydrogen (secondary N) is 1. The summed E-state index contributed by atoms with van der Waals surface area (Å²) in [6.45, 7) is 4.02. The average molecular weight is 352 g/mol. The first-order valence-electron chi connectivity index (χ1n) is 8.32. The molecule has 0 fully saturated rings. The molecule has 3 rings (SSSR count). The summed E-state index contributed by atoms with van der Waals surface area (Å²) >= 11 is 0. The van der Waals surface area contributed by atoms with Gasteiger partial charge in [-0.1, -0.05) is 32.0 Å². The summed E-state index contributed by atoms with van der Waals surface area (Å²) in [6.07, 6.45) is 0. The summed E-state index contributed by atoms with van der Waals surface area (Å²) in [7, 11) is 1.66. The van der Waals surface area contributed by atoms with E-state index in [0.29, 0.717) is 23.0 Å². The monoisotopic (exact) mass is 352 g/mol. The predicted molar refractivity (Wildman–Crippen MR) is 96.7 cm³/mol. The normalized spacial score (nSPS) is 10.9. The number of H-pyrrole nitrogens is 1. The SMILES string of the molecule is CC(C)c1[nH]c(=O)ccc1C(=O)N(C)Cc1nnc(-c2ccccc2)o1. The maximum Gasteiger partial charge on any atom is 0.255 e. The molecule has 3 aromatic rings. The van der Waals surface area contributed by atoms with Gasteiger partial charge in [0.15, 0.2) is 0 Å². The Balaban J connectivity index is 1.79. The van der Waals surface area contributed by atoms with Crippen molar-refractivity contribution < 1.29 is 9.21 Å². The molecule has 0 unspecified atom stereocenters. The maximum atomic E-state index is 12.8. The van der Waals surface area contributed by atoms with E-state index in [2.05, 4.69) is 15.2 Å². The zero-order chi connectivity index (χ0) is 18.7. The van der Waals surface area contributed by atoms with Crippen LogP contribution in [0.15, 0.2) is 51.7 Å². The molecule has 0 aliphatic heterocycles. The number of nitrogens with zero attached hydrogens (tertiary/aromatic N) is 3. The minimum Gasteiger partial charge on any atom is -0.419 e. The van der Waals surface area contributed by atoms with Crippen molar-refractivity contribution in [3.8, 4) is 11.5 Å². The third-order valence-corrected chi connectivity index (χ3v) is 3.96. The third-order valence-electron chi connectivity index (χ3n) is 3.96. The van der Waals surface area contributed by atoms with Gasteiger partial charge in [-0.15, -0.1) is 10.2 Å². The fourth-order valence-electron chi connectivity index (χ4n) is 2.63. The molecule has 0 spiro atoms. The van der Waals surface area contributed by atoms with Gasteiger partial charge in [-0.3, -0.25) is 9.59 Å². The Hall–Kier alpha value is -3.22. The first-order chi connectivity index (χ1) is 12.5. The molecule has 0 radical (unpaired) electrons. The van der Waals surface area contributed by atoms with Crippen LogP contribution in [0.2, 0.25) is 0 Å². The second kappa shape index (κ2) is 7.35. The third kappa shape index (κ3) is 3.72. The van der Waals surface area contributed by atoms with E-state index in [1.54, 1.807) is 13.1 Å². The lowest BCUT2D eigenvalue weighted by atomic mass is 10.0. The van der Waals surface area contributed by atoms with Gasteiger partial charge in [-0.25, -0.2) is 0 Å². The second-order valence-corrected chi connectivity index (χ2v) is 6.33. The summed E-state index contributed by atoms with van der Waals surface area (Å²) in [5.74, 6) is 0.553. The van der Waals surface area contributed by atoms with Crippen molar-refractivity contribution in [2.45, 2.75) is 26.3 Å². The summed E-state index contributed by atoms with van der Waals surface area (Å²) in [4.78, 5) is 28.6. The number of carbonyl (C=O) groups excluding carboxylic acids is 1. The van der Waals surface area contributed by atoms with Crippen LogP contribution in [0.25, 0.3) is 11.5 Å². The van der Waals surface area contributed by atoms with Crippen molar-refractivity contribution >= 4 is 5.91 Å². The highest BCUT2D eigenvalue weighted by atomic mass is 16.4. The largest absolute Gasteiger partial charge is 0.419 e. The van der Waals surface area contributed by atoms with Gasteiger partial charge in [0.2, 0.25) is 17.3 Å². The Bertz CT molecular complexity index is 960. The van der Waals surface area contributed by atoms with E-state index in [0.717, 1.165) is 5.56 Å². The number of aromatic nitrogens is 3. The molecule has 0 aliphatic rings. The van der Waals surface area contributed by atoms with Crippen molar-refractivity contribution in [1.29, 1.82) is 0 Å². The number of benzene rings is 1. The van der Waals surface area contributed by atoms with Crippen LogP contribution in [0.1, 0.15) is 41.7 Å². The molecule has 7 heteroatoms. The summed E-state index contributed by atoms with van der Waals surface area (Å²) in [6, 6.07) is 12.3. The van der Waals surface area contributed by atoms with Crippen LogP contribution in [-0.4, -0.2) is 33.0 Å². The van der Waals surface area contributed by atoms with Gasteiger partial charge < -0.3 is 14.3 Å². The van der Waals surface area contributed by atoms with Crippen LogP contribution in [-0.2, 0) is 6.54 Å². The quantitative estimate of drug-likeness (QED) is 0.762. The van der Waals surface area contributed by atoms with Crippen molar-refractivity contribution in [1.82, 2.24) is 20.1 Å². The number of rotatable bonds is 5. The Morgan fingerprint density at radius 1 is 1.15 bits per heavy atom. The number of aromatic amines is 1. The molecule has 0 atom stereocenters. The van der Waals surface area contributed by atoms with Crippen LogP contribution < -0.4 is 5.56 Å². The molecule has 0 saturated heterocycles. The van der Waals surface area contributed by atoms with E-state index in [1.807, 2.05) is 44.2 Å². The van der Waals surface area contributed by atoms with Crippen molar-refractivity contribution in [3.05, 3.63) is 70.0 Å². The number of hydrogen-bond acceptors (Lipinski definition) is 5. The highest BCUT2D eigenvalue weighted by Crippen LogP contribution is 2.19. The van der Waals surface area contributed by atoms with E-state index >= 15 is 0 Å². The Kier molecular flexibility index (Phi) is 4.97. The average Bonchev–Trinajstić information content (AvgIpc) is 3.10. The van der Waals surface area contributed by atoms with Gasteiger partial charge in [0.25, 0.3) is 5.91 Å². The lowest BCUT2D eigenvalue weighted by Gasteiger charge is -2.18. The zero-order valence-corrected chi connectivity index (χ0v) is 14.9. The van der Waals surface area contributed by atoms with Crippen LogP contribution in [0.4, 0.5) is 0 Å². The minimum atomic E-state index is -0.225. The fraction of sp³-hybridized carbons (Fsp3) is 0.263. The first-order valence-corrected chi connectivity index (χ1v) is 8.32. The van der Waals surface area contributed by atoms with Gasteiger partial charge in [0.1, 0.15) is 0 Å². The Labute approximate surface area is 150 Å². The topological polar surface area (TPSA) is 92.1 Å². The molecule has 1 aromatic carbocycles. The molecule has 0 saturated carbocycles. The van der Waals surface area contributed by atoms with Gasteiger partial charge >= 0.3 is 0 Å². The molecule has 1 amide bonds. The minimum absolute atomic E-state index is 0.0179. The first kappa shape index (κ1) is 17.6. The van der Waals surface area contributed by atoms with E-state index < -0.39 is 0 Å². The van der Waals surface area contributed by atoms with Crippen LogP contribution in [0.3, 0.4) is 0 Å². The highest BCUT2D eigenvalue weighted by molar-refractivity contribution is 5.95. The standard InChI is InChI=1S/C19H20N4O3/c1-12(2)17-14(9-10-15(24)20-17)19(25)23(3)11-16-21-22-18(26-16)13-7-5-4-6-8-13/h4-10,12H,11H2,1-3H3,(H,20,24). The molecule has 0 bridgehead atoms. The van der Waals surface area contributed by atoms with Crippen molar-refractivity contribution in [2.24, 2.45) is 0 Å². The molecule has 26 heavy (non-hydrogen) atoms. The van der Waals surface area contributed by atoms with E-state index in [4.69, 9.17) is 4.42 Å². The fourth-order valence-corrected chi connectivity index (χ4v) is 2.63. The van der Waals surface area contributed by atoms with Crippen molar-refractivity contribution in [3.63, 3.8) is 0 Å². The number of hydrogen-bond donors (Lipinski definition) is 1. The van der Waals surface area contributed by atoms with E-state index in [1.165, 1.54) is 11.0 Å². The molecule has 7 nitrogen and oxygen atoms in total. The zero-order valence-electron chi connectivity index (χ0n) is 14.9. The summed E-state index contributed by atoms with van der Waals surface area (Å²) in [5, 5.41) is 8.04. The van der Waals surface area contributed by atoms with E-state index in [-0.39, 0.29) is 23.9 Å².